The van der Waals surface area contributed by atoms with Gasteiger partial charge in [0.1, 0.15) is 0 Å². The van der Waals surface area contributed by atoms with Gasteiger partial charge in [-0.3, -0.25) is 0 Å². The van der Waals surface area contributed by atoms with Gasteiger partial charge in [0.25, 0.3) is 0 Å². The van der Waals surface area contributed by atoms with E-state index < -0.39 is 0 Å². The summed E-state index contributed by atoms with van der Waals surface area (Å²) in [6.45, 7) is 8.28. The molecule has 3 heteroatoms. The third-order valence-corrected chi connectivity index (χ3v) is 2.44. The third kappa shape index (κ3) is 2.51. The highest BCUT2D eigenvalue weighted by atomic mass is 15.1. The number of aromatic nitrogens is 2. The van der Waals surface area contributed by atoms with Crippen LogP contribution >= 0.6 is 0 Å². The SMILES string of the molecule is Cc1ccc(C(C(C)C)C(C)N)nn1. The number of rotatable bonds is 3. The van der Waals surface area contributed by atoms with Gasteiger partial charge in [-0.05, 0) is 31.9 Å². The van der Waals surface area contributed by atoms with Crippen LogP contribution in [0.15, 0.2) is 12.1 Å². The first-order valence-corrected chi connectivity index (χ1v) is 5.08. The Morgan fingerprint density at radius 2 is 1.79 bits per heavy atom. The van der Waals surface area contributed by atoms with Crippen LogP contribution in [0.4, 0.5) is 0 Å². The van der Waals surface area contributed by atoms with Crippen molar-refractivity contribution in [2.45, 2.75) is 39.7 Å². The molecule has 1 rings (SSSR count). The van der Waals surface area contributed by atoms with E-state index in [2.05, 4.69) is 24.0 Å². The largest absolute Gasteiger partial charge is 0.327 e. The molecule has 2 unspecified atom stereocenters. The van der Waals surface area contributed by atoms with Gasteiger partial charge in [0.05, 0.1) is 11.4 Å². The quantitative estimate of drug-likeness (QED) is 0.797. The fourth-order valence-electron chi connectivity index (χ4n) is 1.81. The fourth-order valence-corrected chi connectivity index (χ4v) is 1.81. The molecule has 1 aromatic heterocycles. The van der Waals surface area contributed by atoms with Crippen LogP contribution < -0.4 is 5.73 Å². The highest BCUT2D eigenvalue weighted by molar-refractivity contribution is 5.12. The molecule has 0 aliphatic rings. The van der Waals surface area contributed by atoms with Gasteiger partial charge in [-0.15, -0.1) is 0 Å². The van der Waals surface area contributed by atoms with Crippen LogP contribution in [-0.4, -0.2) is 16.2 Å². The Kier molecular flexibility index (Phi) is 3.58. The van der Waals surface area contributed by atoms with Crippen LogP contribution in [0, 0.1) is 12.8 Å². The van der Waals surface area contributed by atoms with Crippen molar-refractivity contribution in [1.29, 1.82) is 0 Å². The maximum atomic E-state index is 5.94. The van der Waals surface area contributed by atoms with Gasteiger partial charge in [0.2, 0.25) is 0 Å². The minimum Gasteiger partial charge on any atom is -0.327 e. The summed E-state index contributed by atoms with van der Waals surface area (Å²) in [5, 5.41) is 8.25. The van der Waals surface area contributed by atoms with Crippen LogP contribution in [0.3, 0.4) is 0 Å². The number of nitrogens with two attached hydrogens (primary N) is 1. The first-order valence-electron chi connectivity index (χ1n) is 5.08. The molecule has 2 N–H and O–H groups in total. The van der Waals surface area contributed by atoms with E-state index in [0.717, 1.165) is 11.4 Å². The lowest BCUT2D eigenvalue weighted by molar-refractivity contribution is 0.423. The van der Waals surface area contributed by atoms with E-state index in [1.54, 1.807) is 0 Å². The molecule has 1 aromatic rings. The lowest BCUT2D eigenvalue weighted by atomic mass is 9.87. The molecule has 78 valence electrons. The van der Waals surface area contributed by atoms with Gasteiger partial charge in [0.15, 0.2) is 0 Å². The summed E-state index contributed by atoms with van der Waals surface area (Å²) < 4.78 is 0. The minimum atomic E-state index is 0.118. The van der Waals surface area contributed by atoms with Gasteiger partial charge < -0.3 is 5.73 Å². The second kappa shape index (κ2) is 4.51. The van der Waals surface area contributed by atoms with Crippen molar-refractivity contribution in [2.75, 3.05) is 0 Å². The molecule has 1 heterocycles. The smallest absolute Gasteiger partial charge is 0.0680 e. The monoisotopic (exact) mass is 193 g/mol. The average molecular weight is 193 g/mol. The van der Waals surface area contributed by atoms with Crippen LogP contribution in [0.5, 0.6) is 0 Å². The Morgan fingerprint density at radius 1 is 1.14 bits per heavy atom. The van der Waals surface area contributed by atoms with Crippen LogP contribution in [0.2, 0.25) is 0 Å². The average Bonchev–Trinajstić information content (AvgIpc) is 2.07. The van der Waals surface area contributed by atoms with Gasteiger partial charge in [-0.25, -0.2) is 0 Å². The summed E-state index contributed by atoms with van der Waals surface area (Å²) in [5.74, 6) is 0.787. The minimum absolute atomic E-state index is 0.118. The molecule has 0 aliphatic carbocycles. The molecule has 2 atom stereocenters. The van der Waals surface area contributed by atoms with Crippen molar-refractivity contribution in [2.24, 2.45) is 11.7 Å². The number of hydrogen-bond acceptors (Lipinski definition) is 3. The molecule has 14 heavy (non-hydrogen) atoms. The van der Waals surface area contributed by atoms with E-state index in [-0.39, 0.29) is 6.04 Å². The van der Waals surface area contributed by atoms with Crippen molar-refractivity contribution in [3.63, 3.8) is 0 Å². The molecule has 0 bridgehead atoms. The van der Waals surface area contributed by atoms with Crippen LogP contribution in [0.1, 0.15) is 38.1 Å². The molecule has 0 fully saturated rings. The number of aryl methyl sites for hydroxylation is 1. The lowest BCUT2D eigenvalue weighted by Gasteiger charge is -2.23. The van der Waals surface area contributed by atoms with Crippen LogP contribution in [0.25, 0.3) is 0 Å². The molecular formula is C11H19N3. The first-order chi connectivity index (χ1) is 6.52. The Morgan fingerprint density at radius 3 is 2.14 bits per heavy atom. The summed E-state index contributed by atoms with van der Waals surface area (Å²) in [6.07, 6.45) is 0. The molecule has 0 radical (unpaired) electrons. The summed E-state index contributed by atoms with van der Waals surface area (Å²) in [6, 6.07) is 4.13. The molecule has 3 nitrogen and oxygen atoms in total. The predicted octanol–water partition coefficient (Wildman–Crippen LogP) is 1.87. The van der Waals surface area contributed by atoms with Crippen molar-refractivity contribution in [1.82, 2.24) is 10.2 Å². The molecule has 0 saturated carbocycles. The summed E-state index contributed by atoms with van der Waals surface area (Å²) >= 11 is 0. The maximum absolute atomic E-state index is 5.94. The van der Waals surface area contributed by atoms with Gasteiger partial charge in [-0.2, -0.15) is 10.2 Å². The van der Waals surface area contributed by atoms with Crippen molar-refractivity contribution in [3.05, 3.63) is 23.5 Å². The molecule has 0 aliphatic heterocycles. The zero-order valence-electron chi connectivity index (χ0n) is 9.36. The Hall–Kier alpha value is -0.960. The van der Waals surface area contributed by atoms with E-state index in [0.29, 0.717) is 11.8 Å². The summed E-state index contributed by atoms with van der Waals surface area (Å²) in [4.78, 5) is 0. The Bertz CT molecular complexity index is 269. The Balaban J connectivity index is 2.94. The van der Waals surface area contributed by atoms with E-state index in [9.17, 15) is 0 Å². The topological polar surface area (TPSA) is 51.8 Å². The van der Waals surface area contributed by atoms with E-state index in [1.165, 1.54) is 0 Å². The number of hydrogen-bond donors (Lipinski definition) is 1. The molecule has 0 aromatic carbocycles. The zero-order valence-corrected chi connectivity index (χ0v) is 9.36. The second-order valence-corrected chi connectivity index (χ2v) is 4.23. The molecule has 0 saturated heterocycles. The maximum Gasteiger partial charge on any atom is 0.0680 e. The summed E-state index contributed by atoms with van der Waals surface area (Å²) in [5.41, 5.74) is 7.89. The highest BCUT2D eigenvalue weighted by Crippen LogP contribution is 2.24. The standard InChI is InChI=1S/C11H19N3/c1-7(2)11(9(4)12)10-6-5-8(3)13-14-10/h5-7,9,11H,12H2,1-4H3. The van der Waals surface area contributed by atoms with Crippen molar-refractivity contribution in [3.8, 4) is 0 Å². The lowest BCUT2D eigenvalue weighted by Crippen LogP contribution is -2.29. The second-order valence-electron chi connectivity index (χ2n) is 4.23. The van der Waals surface area contributed by atoms with Crippen molar-refractivity contribution >= 4 is 0 Å². The first kappa shape index (κ1) is 11.1. The van der Waals surface area contributed by atoms with Gasteiger partial charge in [0, 0.05) is 12.0 Å². The molecule has 0 spiro atoms. The molecular weight excluding hydrogens is 174 g/mol. The number of nitrogens with zero attached hydrogens (tertiary/aromatic N) is 2. The van der Waals surface area contributed by atoms with E-state index >= 15 is 0 Å². The third-order valence-electron chi connectivity index (χ3n) is 2.44. The van der Waals surface area contributed by atoms with Gasteiger partial charge >= 0.3 is 0 Å². The fraction of sp³-hybridized carbons (Fsp3) is 0.636. The van der Waals surface area contributed by atoms with Crippen LogP contribution in [-0.2, 0) is 0 Å². The van der Waals surface area contributed by atoms with Crippen molar-refractivity contribution < 1.29 is 0 Å². The zero-order chi connectivity index (χ0) is 10.7. The summed E-state index contributed by atoms with van der Waals surface area (Å²) in [7, 11) is 0. The highest BCUT2D eigenvalue weighted by Gasteiger charge is 2.21. The molecule has 0 amide bonds. The van der Waals surface area contributed by atoms with E-state index in [4.69, 9.17) is 5.73 Å². The predicted molar refractivity (Wildman–Crippen MR) is 58.0 cm³/mol. The van der Waals surface area contributed by atoms with Gasteiger partial charge in [-0.1, -0.05) is 13.8 Å². The normalized spacial score (nSPS) is 15.6. The Labute approximate surface area is 85.7 Å². The van der Waals surface area contributed by atoms with E-state index in [1.807, 2.05) is 26.0 Å².